The monoisotopic (exact) mass is 336 g/mol. The molecule has 0 radical (unpaired) electrons. The first-order chi connectivity index (χ1) is 10.7. The predicted molar refractivity (Wildman–Crippen MR) is 92.1 cm³/mol. The van der Waals surface area contributed by atoms with Crippen LogP contribution in [0, 0.1) is 28.6 Å². The van der Waals surface area contributed by atoms with Crippen molar-refractivity contribution >= 4 is 17.4 Å². The highest BCUT2D eigenvalue weighted by Crippen LogP contribution is 2.67. The largest absolute Gasteiger partial charge is 0.390 e. The van der Waals surface area contributed by atoms with Gasteiger partial charge in [-0.3, -0.25) is 4.79 Å². The normalized spacial score (nSPS) is 52.9. The van der Waals surface area contributed by atoms with Crippen LogP contribution in [0.1, 0.15) is 72.1 Å². The molecule has 0 unspecified atom stereocenters. The van der Waals surface area contributed by atoms with Gasteiger partial charge in [0.2, 0.25) is 0 Å². The van der Waals surface area contributed by atoms with E-state index in [0.29, 0.717) is 29.2 Å². The Morgan fingerprint density at radius 2 is 1.70 bits per heavy atom. The minimum Gasteiger partial charge on any atom is -0.390 e. The number of fused-ring (bicyclic) bond motifs is 5. The lowest BCUT2D eigenvalue weighted by atomic mass is 9.46. The van der Waals surface area contributed by atoms with E-state index in [1.807, 2.05) is 0 Å². The quantitative estimate of drug-likeness (QED) is 0.687. The van der Waals surface area contributed by atoms with Crippen LogP contribution in [0.25, 0.3) is 0 Å². The molecular formula is C20H29ClO2. The second-order valence-electron chi connectivity index (χ2n) is 9.32. The van der Waals surface area contributed by atoms with E-state index in [4.69, 9.17) is 11.6 Å². The number of hydrogen-bond acceptors (Lipinski definition) is 2. The summed E-state index contributed by atoms with van der Waals surface area (Å²) in [6.45, 7) is 6.75. The summed E-state index contributed by atoms with van der Waals surface area (Å²) >= 11 is 6.44. The first-order valence-corrected chi connectivity index (χ1v) is 9.73. The van der Waals surface area contributed by atoms with Crippen molar-refractivity contribution in [2.45, 2.75) is 77.7 Å². The highest BCUT2D eigenvalue weighted by molar-refractivity contribution is 6.43. The van der Waals surface area contributed by atoms with Crippen LogP contribution in [0.4, 0.5) is 0 Å². The zero-order valence-corrected chi connectivity index (χ0v) is 15.4. The van der Waals surface area contributed by atoms with Crippen molar-refractivity contribution in [1.29, 1.82) is 0 Å². The van der Waals surface area contributed by atoms with Gasteiger partial charge in [-0.15, -0.1) is 0 Å². The maximum absolute atomic E-state index is 12.0. The van der Waals surface area contributed by atoms with Crippen LogP contribution in [-0.4, -0.2) is 16.5 Å². The van der Waals surface area contributed by atoms with Crippen LogP contribution in [-0.2, 0) is 4.79 Å². The van der Waals surface area contributed by atoms with E-state index in [2.05, 4.69) is 20.8 Å². The van der Waals surface area contributed by atoms with Crippen molar-refractivity contribution in [3.05, 3.63) is 10.6 Å². The molecule has 4 aliphatic carbocycles. The van der Waals surface area contributed by atoms with Crippen LogP contribution >= 0.6 is 11.6 Å². The summed E-state index contributed by atoms with van der Waals surface area (Å²) in [5, 5.41) is 11.5. The van der Waals surface area contributed by atoms with E-state index in [1.165, 1.54) is 12.0 Å². The molecule has 0 heterocycles. The number of hydrogen-bond donors (Lipinski definition) is 1. The average Bonchev–Trinajstić information content (AvgIpc) is 2.74. The fourth-order valence-corrected chi connectivity index (χ4v) is 7.30. The van der Waals surface area contributed by atoms with Crippen LogP contribution in [0.15, 0.2) is 10.6 Å². The van der Waals surface area contributed by atoms with Crippen molar-refractivity contribution in [2.24, 2.45) is 28.6 Å². The topological polar surface area (TPSA) is 37.3 Å². The fraction of sp³-hybridized carbons (Fsp3) is 0.850. The molecule has 3 saturated carbocycles. The highest BCUT2D eigenvalue weighted by atomic mass is 35.5. The second-order valence-corrected chi connectivity index (χ2v) is 9.70. The first-order valence-electron chi connectivity index (χ1n) is 9.35. The minimum absolute atomic E-state index is 0.0695. The Bertz CT molecular complexity index is 592. The third-order valence-electron chi connectivity index (χ3n) is 8.62. The molecule has 0 aromatic rings. The summed E-state index contributed by atoms with van der Waals surface area (Å²) in [4.78, 5) is 12.0. The third kappa shape index (κ3) is 1.94. The summed E-state index contributed by atoms with van der Waals surface area (Å²) in [5.41, 5.74) is 0.925. The molecule has 4 rings (SSSR count). The third-order valence-corrected chi connectivity index (χ3v) is 9.05. The number of halogens is 1. The van der Waals surface area contributed by atoms with E-state index in [1.54, 1.807) is 0 Å². The van der Waals surface area contributed by atoms with E-state index >= 15 is 0 Å². The summed E-state index contributed by atoms with van der Waals surface area (Å²) in [6, 6.07) is 0. The van der Waals surface area contributed by atoms with Crippen LogP contribution in [0.5, 0.6) is 0 Å². The van der Waals surface area contributed by atoms with Gasteiger partial charge in [-0.2, -0.15) is 0 Å². The van der Waals surface area contributed by atoms with E-state index in [-0.39, 0.29) is 16.6 Å². The Balaban J connectivity index is 1.72. The van der Waals surface area contributed by atoms with Crippen LogP contribution in [0.3, 0.4) is 0 Å². The lowest BCUT2D eigenvalue weighted by molar-refractivity contribution is -0.124. The minimum atomic E-state index is -0.514. The molecule has 0 amide bonds. The fourth-order valence-electron chi connectivity index (χ4n) is 6.89. The van der Waals surface area contributed by atoms with Crippen LogP contribution < -0.4 is 0 Å². The Hall–Kier alpha value is -0.340. The molecule has 0 saturated heterocycles. The smallest absolute Gasteiger partial charge is 0.174 e. The second kappa shape index (κ2) is 4.85. The SMILES string of the molecule is C[C@]12CC[C@@H]3[C@@H](CCC4=C(Cl)C(=O)CC[C@]43C)[C@H]1CC[C@@]2(C)O. The maximum Gasteiger partial charge on any atom is 0.174 e. The molecule has 0 aliphatic heterocycles. The predicted octanol–water partition coefficient (Wildman–Crippen LogP) is 4.84. The molecule has 2 nitrogen and oxygen atoms in total. The Morgan fingerprint density at radius 3 is 2.43 bits per heavy atom. The number of aliphatic hydroxyl groups is 1. The standard InChI is InChI=1S/C20H29ClO2/c1-18-9-8-16(22)17(21)15(18)5-4-12-13(18)6-10-19(2)14(12)7-11-20(19,3)23/h12-14,23H,4-11H2,1-3H3/t12-,13-,14-,18+,19+,20-/m1/s1. The van der Waals surface area contributed by atoms with Gasteiger partial charge < -0.3 is 5.11 Å². The molecule has 128 valence electrons. The number of Topliss-reactive ketones (excluding diaryl/α,β-unsaturated/α-hetero) is 1. The average molecular weight is 337 g/mol. The van der Waals surface area contributed by atoms with Gasteiger partial charge >= 0.3 is 0 Å². The van der Waals surface area contributed by atoms with Gasteiger partial charge in [-0.05, 0) is 86.0 Å². The lowest BCUT2D eigenvalue weighted by Gasteiger charge is -2.59. The van der Waals surface area contributed by atoms with Gasteiger partial charge in [-0.1, -0.05) is 25.4 Å². The summed E-state index contributed by atoms with van der Waals surface area (Å²) < 4.78 is 0. The molecule has 3 fully saturated rings. The Morgan fingerprint density at radius 1 is 1.00 bits per heavy atom. The molecule has 4 aliphatic rings. The number of ketones is 1. The number of allylic oxidation sites excluding steroid dienone is 1. The van der Waals surface area contributed by atoms with E-state index < -0.39 is 5.60 Å². The number of carbonyl (C=O) groups is 1. The van der Waals surface area contributed by atoms with Crippen molar-refractivity contribution in [1.82, 2.24) is 0 Å². The van der Waals surface area contributed by atoms with Crippen LogP contribution in [0.2, 0.25) is 0 Å². The molecule has 1 N–H and O–H groups in total. The van der Waals surface area contributed by atoms with E-state index in [9.17, 15) is 9.90 Å². The number of carbonyl (C=O) groups excluding carboxylic acids is 1. The Labute approximate surface area is 144 Å². The molecule has 3 heteroatoms. The zero-order chi connectivity index (χ0) is 16.6. The van der Waals surface area contributed by atoms with E-state index in [0.717, 1.165) is 38.5 Å². The van der Waals surface area contributed by atoms with Gasteiger partial charge in [0.1, 0.15) is 0 Å². The van der Waals surface area contributed by atoms with Crippen molar-refractivity contribution in [3.8, 4) is 0 Å². The van der Waals surface area contributed by atoms with Gasteiger partial charge in [0.25, 0.3) is 0 Å². The molecule has 0 bridgehead atoms. The Kier molecular flexibility index (Phi) is 3.40. The lowest BCUT2D eigenvalue weighted by Crippen LogP contribution is -2.54. The van der Waals surface area contributed by atoms with Gasteiger partial charge in [0, 0.05) is 6.42 Å². The molecule has 6 atom stereocenters. The first kappa shape index (κ1) is 16.1. The molecule has 0 aromatic heterocycles. The molecule has 0 aromatic carbocycles. The van der Waals surface area contributed by atoms with Gasteiger partial charge in [0.15, 0.2) is 5.78 Å². The van der Waals surface area contributed by atoms with Crippen molar-refractivity contribution < 1.29 is 9.90 Å². The summed E-state index contributed by atoms with van der Waals surface area (Å²) in [6.07, 6.45) is 8.10. The number of rotatable bonds is 0. The van der Waals surface area contributed by atoms with Gasteiger partial charge in [0.05, 0.1) is 10.6 Å². The summed E-state index contributed by atoms with van der Waals surface area (Å²) in [5.74, 6) is 2.11. The van der Waals surface area contributed by atoms with Crippen molar-refractivity contribution in [2.75, 3.05) is 0 Å². The maximum atomic E-state index is 12.0. The molecule has 0 spiro atoms. The van der Waals surface area contributed by atoms with Crippen molar-refractivity contribution in [3.63, 3.8) is 0 Å². The zero-order valence-electron chi connectivity index (χ0n) is 14.6. The van der Waals surface area contributed by atoms with Gasteiger partial charge in [-0.25, -0.2) is 0 Å². The molecule has 23 heavy (non-hydrogen) atoms. The molecular weight excluding hydrogens is 308 g/mol. The highest BCUT2D eigenvalue weighted by Gasteiger charge is 2.62. The summed E-state index contributed by atoms with van der Waals surface area (Å²) in [7, 11) is 0.